The Morgan fingerprint density at radius 3 is 2.54 bits per heavy atom. The molecular formula is C20H16O4. The largest absolute Gasteiger partial charge is 0.478 e. The third-order valence-electron chi connectivity index (χ3n) is 3.84. The summed E-state index contributed by atoms with van der Waals surface area (Å²) < 4.78 is 5.84. The molecule has 0 bridgehead atoms. The molecule has 1 aromatic heterocycles. The van der Waals surface area contributed by atoms with Gasteiger partial charge in [0.1, 0.15) is 11.3 Å². The molecule has 3 rings (SSSR count). The van der Waals surface area contributed by atoms with Crippen LogP contribution in [0.5, 0.6) is 0 Å². The Labute approximate surface area is 138 Å². The summed E-state index contributed by atoms with van der Waals surface area (Å²) in [5, 5.41) is 9.38. The molecular weight excluding hydrogens is 304 g/mol. The van der Waals surface area contributed by atoms with Crippen LogP contribution < -0.4 is 5.43 Å². The summed E-state index contributed by atoms with van der Waals surface area (Å²) in [6.07, 6.45) is 4.17. The molecule has 0 aliphatic heterocycles. The van der Waals surface area contributed by atoms with E-state index >= 15 is 0 Å². The van der Waals surface area contributed by atoms with E-state index in [9.17, 15) is 9.59 Å². The quantitative estimate of drug-likeness (QED) is 0.781. The van der Waals surface area contributed by atoms with Crippen molar-refractivity contribution in [2.45, 2.75) is 13.3 Å². The van der Waals surface area contributed by atoms with Gasteiger partial charge in [0, 0.05) is 5.56 Å². The van der Waals surface area contributed by atoms with Gasteiger partial charge in [-0.15, -0.1) is 0 Å². The molecule has 4 heteroatoms. The van der Waals surface area contributed by atoms with Crippen molar-refractivity contribution in [2.24, 2.45) is 0 Å². The van der Waals surface area contributed by atoms with Crippen molar-refractivity contribution in [1.82, 2.24) is 0 Å². The standard InChI is InChI=1S/C20H16O4/c1-2-15-17(10-8-13-6-4-3-5-7-13)24-18-11-9-14(20(22)23)12-16(18)19(15)21/h3-12H,2H2,1H3,(H,22,23). The van der Waals surface area contributed by atoms with Gasteiger partial charge in [0.25, 0.3) is 0 Å². The van der Waals surface area contributed by atoms with E-state index in [1.807, 2.05) is 43.3 Å². The van der Waals surface area contributed by atoms with E-state index in [4.69, 9.17) is 9.52 Å². The van der Waals surface area contributed by atoms with E-state index < -0.39 is 5.97 Å². The minimum absolute atomic E-state index is 0.0735. The number of hydrogen-bond donors (Lipinski definition) is 1. The molecule has 0 aliphatic carbocycles. The Morgan fingerprint density at radius 2 is 1.88 bits per heavy atom. The normalized spacial score (nSPS) is 11.2. The molecule has 0 atom stereocenters. The molecule has 0 radical (unpaired) electrons. The smallest absolute Gasteiger partial charge is 0.335 e. The summed E-state index contributed by atoms with van der Waals surface area (Å²) in [5.41, 5.74) is 1.81. The second-order valence-corrected chi connectivity index (χ2v) is 5.39. The van der Waals surface area contributed by atoms with Crippen molar-refractivity contribution in [3.05, 3.63) is 81.2 Å². The predicted octanol–water partition coefficient (Wildman–Crippen LogP) is 4.22. The summed E-state index contributed by atoms with van der Waals surface area (Å²) >= 11 is 0. The molecule has 0 unspecified atom stereocenters. The first-order chi connectivity index (χ1) is 11.6. The van der Waals surface area contributed by atoms with Crippen molar-refractivity contribution < 1.29 is 14.3 Å². The Hall–Kier alpha value is -3.14. The van der Waals surface area contributed by atoms with Gasteiger partial charge in [-0.3, -0.25) is 4.79 Å². The monoisotopic (exact) mass is 320 g/mol. The van der Waals surface area contributed by atoms with Crippen LogP contribution in [0.1, 0.15) is 34.2 Å². The van der Waals surface area contributed by atoms with Gasteiger partial charge in [-0.1, -0.05) is 43.3 Å². The molecule has 24 heavy (non-hydrogen) atoms. The van der Waals surface area contributed by atoms with Crippen LogP contribution in [0.2, 0.25) is 0 Å². The first-order valence-electron chi connectivity index (χ1n) is 7.66. The Kier molecular flexibility index (Phi) is 4.29. The van der Waals surface area contributed by atoms with Crippen LogP contribution in [0, 0.1) is 0 Å². The molecule has 0 saturated heterocycles. The van der Waals surface area contributed by atoms with Crippen LogP contribution in [0.15, 0.2) is 57.7 Å². The SMILES string of the molecule is CCc1c(C=Cc2ccccc2)oc2ccc(C(=O)O)cc2c1=O. The van der Waals surface area contributed by atoms with Crippen molar-refractivity contribution in [3.8, 4) is 0 Å². The fraction of sp³-hybridized carbons (Fsp3) is 0.100. The van der Waals surface area contributed by atoms with Crippen LogP contribution in [-0.4, -0.2) is 11.1 Å². The molecule has 0 amide bonds. The maximum Gasteiger partial charge on any atom is 0.335 e. The van der Waals surface area contributed by atoms with Crippen molar-refractivity contribution >= 4 is 29.1 Å². The molecule has 120 valence electrons. The van der Waals surface area contributed by atoms with Gasteiger partial charge in [-0.05, 0) is 36.3 Å². The van der Waals surface area contributed by atoms with E-state index in [-0.39, 0.29) is 11.0 Å². The van der Waals surface area contributed by atoms with E-state index in [0.717, 1.165) is 5.56 Å². The third kappa shape index (κ3) is 2.99. The average Bonchev–Trinajstić information content (AvgIpc) is 2.60. The lowest BCUT2D eigenvalue weighted by Gasteiger charge is -2.06. The van der Waals surface area contributed by atoms with Crippen molar-refractivity contribution in [1.29, 1.82) is 0 Å². The molecule has 1 heterocycles. The van der Waals surface area contributed by atoms with E-state index in [1.54, 1.807) is 6.08 Å². The predicted molar refractivity (Wildman–Crippen MR) is 94.2 cm³/mol. The van der Waals surface area contributed by atoms with Gasteiger partial charge in [0.15, 0.2) is 5.43 Å². The Balaban J connectivity index is 2.15. The third-order valence-corrected chi connectivity index (χ3v) is 3.84. The van der Waals surface area contributed by atoms with E-state index in [2.05, 4.69) is 0 Å². The maximum absolute atomic E-state index is 12.7. The van der Waals surface area contributed by atoms with Gasteiger partial charge in [-0.2, -0.15) is 0 Å². The summed E-state index contributed by atoms with van der Waals surface area (Å²) in [6.45, 7) is 1.87. The molecule has 0 aliphatic rings. The number of rotatable bonds is 4. The molecule has 0 spiro atoms. The van der Waals surface area contributed by atoms with Crippen LogP contribution in [0.4, 0.5) is 0 Å². The number of carboxylic acid groups (broad SMARTS) is 1. The summed E-state index contributed by atoms with van der Waals surface area (Å²) in [4.78, 5) is 23.8. The fourth-order valence-corrected chi connectivity index (χ4v) is 2.59. The van der Waals surface area contributed by atoms with Gasteiger partial charge in [0.2, 0.25) is 0 Å². The zero-order chi connectivity index (χ0) is 17.1. The molecule has 3 aromatic rings. The van der Waals surface area contributed by atoms with Gasteiger partial charge in [0.05, 0.1) is 10.9 Å². The fourth-order valence-electron chi connectivity index (χ4n) is 2.59. The van der Waals surface area contributed by atoms with Crippen LogP contribution in [-0.2, 0) is 6.42 Å². The average molecular weight is 320 g/mol. The number of fused-ring (bicyclic) bond motifs is 1. The summed E-state index contributed by atoms with van der Waals surface area (Å²) in [5.74, 6) is -0.565. The molecule has 4 nitrogen and oxygen atoms in total. The summed E-state index contributed by atoms with van der Waals surface area (Å²) in [7, 11) is 0. The first kappa shape index (κ1) is 15.7. The lowest BCUT2D eigenvalue weighted by Crippen LogP contribution is -2.11. The maximum atomic E-state index is 12.7. The topological polar surface area (TPSA) is 67.5 Å². The molecule has 0 saturated carbocycles. The Morgan fingerprint density at radius 1 is 1.12 bits per heavy atom. The van der Waals surface area contributed by atoms with Crippen LogP contribution in [0.3, 0.4) is 0 Å². The highest BCUT2D eigenvalue weighted by Crippen LogP contribution is 2.20. The number of aromatic carboxylic acids is 1. The lowest BCUT2D eigenvalue weighted by atomic mass is 10.1. The highest BCUT2D eigenvalue weighted by atomic mass is 16.4. The highest BCUT2D eigenvalue weighted by molar-refractivity contribution is 5.93. The number of benzene rings is 2. The van der Waals surface area contributed by atoms with Gasteiger partial charge >= 0.3 is 5.97 Å². The van der Waals surface area contributed by atoms with E-state index in [0.29, 0.717) is 28.7 Å². The molecule has 1 N–H and O–H groups in total. The molecule has 2 aromatic carbocycles. The first-order valence-corrected chi connectivity index (χ1v) is 7.66. The van der Waals surface area contributed by atoms with E-state index in [1.165, 1.54) is 18.2 Å². The van der Waals surface area contributed by atoms with Gasteiger partial charge in [-0.25, -0.2) is 4.79 Å². The zero-order valence-corrected chi connectivity index (χ0v) is 13.2. The minimum atomic E-state index is -1.07. The van der Waals surface area contributed by atoms with Crippen LogP contribution >= 0.6 is 0 Å². The number of carbonyl (C=O) groups is 1. The zero-order valence-electron chi connectivity index (χ0n) is 13.2. The van der Waals surface area contributed by atoms with Crippen LogP contribution in [0.25, 0.3) is 23.1 Å². The number of carboxylic acids is 1. The van der Waals surface area contributed by atoms with Crippen molar-refractivity contribution in [3.63, 3.8) is 0 Å². The lowest BCUT2D eigenvalue weighted by molar-refractivity contribution is 0.0697. The Bertz CT molecular complexity index is 982. The molecule has 0 fully saturated rings. The second kappa shape index (κ2) is 6.54. The van der Waals surface area contributed by atoms with Crippen molar-refractivity contribution in [2.75, 3.05) is 0 Å². The minimum Gasteiger partial charge on any atom is -0.478 e. The number of hydrogen-bond acceptors (Lipinski definition) is 3. The summed E-state index contributed by atoms with van der Waals surface area (Å²) in [6, 6.07) is 14.1. The van der Waals surface area contributed by atoms with Gasteiger partial charge < -0.3 is 9.52 Å². The second-order valence-electron chi connectivity index (χ2n) is 5.39. The highest BCUT2D eigenvalue weighted by Gasteiger charge is 2.13.